The summed E-state index contributed by atoms with van der Waals surface area (Å²) in [6.07, 6.45) is 0. The van der Waals surface area contributed by atoms with Crippen LogP contribution in [0.4, 0.5) is 22.7 Å². The van der Waals surface area contributed by atoms with Crippen molar-refractivity contribution in [1.29, 1.82) is 0 Å². The van der Waals surface area contributed by atoms with Crippen molar-refractivity contribution in [2.75, 3.05) is 41.7 Å². The molecule has 8 nitrogen and oxygen atoms in total. The number of hydrogen-bond donors (Lipinski definition) is 2. The maximum atomic E-state index is 11.4. The highest BCUT2D eigenvalue weighted by atomic mass is 16.6. The van der Waals surface area contributed by atoms with Gasteiger partial charge in [0.1, 0.15) is 11.3 Å². The van der Waals surface area contributed by atoms with E-state index in [2.05, 4.69) is 4.90 Å². The average Bonchev–Trinajstić information content (AvgIpc) is 2.51. The molecule has 2 aliphatic rings. The highest BCUT2D eigenvalue weighted by molar-refractivity contribution is 5.95. The van der Waals surface area contributed by atoms with Gasteiger partial charge in [-0.25, -0.2) is 4.79 Å². The summed E-state index contributed by atoms with van der Waals surface area (Å²) in [7, 11) is 0. The number of aromatic carboxylic acids is 1. The van der Waals surface area contributed by atoms with E-state index in [1.165, 1.54) is 6.07 Å². The van der Waals surface area contributed by atoms with Gasteiger partial charge in [-0.15, -0.1) is 0 Å². The molecule has 4 rings (SSSR count). The molecule has 8 heteroatoms. The number of nitro benzene ring substituents is 1. The second-order valence-electron chi connectivity index (χ2n) is 7.04. The molecule has 2 aromatic rings. The monoisotopic (exact) mass is 354 g/mol. The largest absolute Gasteiger partial charge is 0.477 e. The van der Waals surface area contributed by atoms with Crippen LogP contribution in [0.25, 0.3) is 0 Å². The number of carboxylic acids is 1. The van der Waals surface area contributed by atoms with Gasteiger partial charge in [-0.05, 0) is 30.3 Å². The number of hydrogen-bond acceptors (Lipinski definition) is 6. The Morgan fingerprint density at radius 1 is 1.12 bits per heavy atom. The molecule has 26 heavy (non-hydrogen) atoms. The van der Waals surface area contributed by atoms with Gasteiger partial charge in [0.05, 0.1) is 4.92 Å². The molecule has 2 saturated heterocycles. The average molecular weight is 354 g/mol. The number of nitrogens with zero attached hydrogens (tertiary/aromatic N) is 3. The molecule has 3 N–H and O–H groups in total. The Bertz CT molecular complexity index is 900. The summed E-state index contributed by atoms with van der Waals surface area (Å²) < 4.78 is 0. The SMILES string of the molecule is Nc1cccc(N2CC3(C2)CN(c2cccc(C(=O)O)c2[N+](=O)[O-])C3)c1. The summed E-state index contributed by atoms with van der Waals surface area (Å²) >= 11 is 0. The molecule has 0 bridgehead atoms. The van der Waals surface area contributed by atoms with Crippen LogP contribution in [0.5, 0.6) is 0 Å². The highest BCUT2D eigenvalue weighted by Gasteiger charge is 2.53. The lowest BCUT2D eigenvalue weighted by Gasteiger charge is -2.61. The topological polar surface area (TPSA) is 113 Å². The van der Waals surface area contributed by atoms with Crippen molar-refractivity contribution < 1.29 is 14.8 Å². The number of benzene rings is 2. The molecule has 0 aromatic heterocycles. The van der Waals surface area contributed by atoms with Gasteiger partial charge in [0.2, 0.25) is 0 Å². The molecule has 0 atom stereocenters. The zero-order chi connectivity index (χ0) is 18.5. The Morgan fingerprint density at radius 3 is 2.38 bits per heavy atom. The second kappa shape index (κ2) is 5.62. The van der Waals surface area contributed by atoms with E-state index in [4.69, 9.17) is 5.73 Å². The lowest BCUT2D eigenvalue weighted by molar-refractivity contribution is -0.384. The van der Waals surface area contributed by atoms with Gasteiger partial charge < -0.3 is 20.6 Å². The van der Waals surface area contributed by atoms with Crippen LogP contribution in [0, 0.1) is 15.5 Å². The number of carboxylic acid groups (broad SMARTS) is 1. The molecular weight excluding hydrogens is 336 g/mol. The third kappa shape index (κ3) is 2.50. The van der Waals surface area contributed by atoms with E-state index in [1.54, 1.807) is 12.1 Å². The third-order valence-electron chi connectivity index (χ3n) is 5.11. The zero-order valence-electron chi connectivity index (χ0n) is 14.0. The van der Waals surface area contributed by atoms with E-state index in [1.807, 2.05) is 29.2 Å². The first-order valence-corrected chi connectivity index (χ1v) is 8.25. The van der Waals surface area contributed by atoms with E-state index in [9.17, 15) is 20.0 Å². The summed E-state index contributed by atoms with van der Waals surface area (Å²) in [4.78, 5) is 26.2. The summed E-state index contributed by atoms with van der Waals surface area (Å²) in [5, 5.41) is 20.6. The quantitative estimate of drug-likeness (QED) is 0.491. The normalized spacial score (nSPS) is 17.5. The van der Waals surface area contributed by atoms with Gasteiger partial charge in [0.15, 0.2) is 0 Å². The lowest BCUT2D eigenvalue weighted by Crippen LogP contribution is -2.72. The molecule has 134 valence electrons. The lowest BCUT2D eigenvalue weighted by atomic mass is 9.72. The third-order valence-corrected chi connectivity index (χ3v) is 5.11. The Hall–Kier alpha value is -3.29. The number of nitro groups is 1. The fourth-order valence-electron chi connectivity index (χ4n) is 3.95. The number of anilines is 3. The molecule has 0 aliphatic carbocycles. The van der Waals surface area contributed by atoms with Crippen molar-refractivity contribution in [3.05, 3.63) is 58.1 Å². The van der Waals surface area contributed by atoms with Crippen LogP contribution in [0.2, 0.25) is 0 Å². The molecule has 1 spiro atoms. The smallest absolute Gasteiger partial charge is 0.342 e. The van der Waals surface area contributed by atoms with Crippen molar-refractivity contribution >= 4 is 28.7 Å². The van der Waals surface area contributed by atoms with Crippen LogP contribution in [-0.4, -0.2) is 42.2 Å². The van der Waals surface area contributed by atoms with E-state index < -0.39 is 10.9 Å². The van der Waals surface area contributed by atoms with Crippen molar-refractivity contribution in [1.82, 2.24) is 0 Å². The second-order valence-corrected chi connectivity index (χ2v) is 7.04. The summed E-state index contributed by atoms with van der Waals surface area (Å²) in [5.74, 6) is -1.29. The minimum atomic E-state index is -1.29. The molecule has 2 heterocycles. The Balaban J connectivity index is 1.49. The van der Waals surface area contributed by atoms with Gasteiger partial charge in [0, 0.05) is 43.0 Å². The maximum absolute atomic E-state index is 11.4. The van der Waals surface area contributed by atoms with E-state index in [0.717, 1.165) is 24.5 Å². The van der Waals surface area contributed by atoms with E-state index in [0.29, 0.717) is 18.8 Å². The van der Waals surface area contributed by atoms with Crippen LogP contribution < -0.4 is 15.5 Å². The van der Waals surface area contributed by atoms with Crippen LogP contribution in [-0.2, 0) is 0 Å². The van der Waals surface area contributed by atoms with Crippen molar-refractivity contribution in [3.63, 3.8) is 0 Å². The van der Waals surface area contributed by atoms with E-state index >= 15 is 0 Å². The summed E-state index contributed by atoms with van der Waals surface area (Å²) in [5.41, 5.74) is 7.49. The minimum Gasteiger partial charge on any atom is -0.477 e. The molecular formula is C18H18N4O4. The first kappa shape index (κ1) is 16.2. The van der Waals surface area contributed by atoms with Crippen molar-refractivity contribution in [2.24, 2.45) is 5.41 Å². The highest BCUT2D eigenvalue weighted by Crippen LogP contribution is 2.46. The van der Waals surface area contributed by atoms with Crippen molar-refractivity contribution in [3.8, 4) is 0 Å². The predicted molar refractivity (Wildman–Crippen MR) is 97.8 cm³/mol. The van der Waals surface area contributed by atoms with Gasteiger partial charge in [-0.2, -0.15) is 0 Å². The maximum Gasteiger partial charge on any atom is 0.342 e. The molecule has 0 unspecified atom stereocenters. The molecule has 0 radical (unpaired) electrons. The van der Waals surface area contributed by atoms with Gasteiger partial charge >= 0.3 is 11.7 Å². The Kier molecular flexibility index (Phi) is 3.50. The number of carbonyl (C=O) groups is 1. The number of rotatable bonds is 4. The van der Waals surface area contributed by atoms with Crippen LogP contribution >= 0.6 is 0 Å². The van der Waals surface area contributed by atoms with Gasteiger partial charge in [-0.1, -0.05) is 12.1 Å². The number of nitrogens with two attached hydrogens (primary N) is 1. The fraction of sp³-hybridized carbons (Fsp3) is 0.278. The van der Waals surface area contributed by atoms with Gasteiger partial charge in [-0.3, -0.25) is 10.1 Å². The summed E-state index contributed by atoms with van der Waals surface area (Å²) in [6.45, 7) is 3.07. The first-order chi connectivity index (χ1) is 12.4. The zero-order valence-corrected chi connectivity index (χ0v) is 14.0. The predicted octanol–water partition coefficient (Wildman–Crippen LogP) is 2.20. The Morgan fingerprint density at radius 2 is 1.77 bits per heavy atom. The molecule has 2 fully saturated rings. The molecule has 0 saturated carbocycles. The van der Waals surface area contributed by atoms with Crippen LogP contribution in [0.1, 0.15) is 10.4 Å². The van der Waals surface area contributed by atoms with Crippen molar-refractivity contribution in [2.45, 2.75) is 0 Å². The van der Waals surface area contributed by atoms with Crippen LogP contribution in [0.15, 0.2) is 42.5 Å². The van der Waals surface area contributed by atoms with Crippen LogP contribution in [0.3, 0.4) is 0 Å². The molecule has 2 aromatic carbocycles. The summed E-state index contributed by atoms with van der Waals surface area (Å²) in [6, 6.07) is 12.2. The fourth-order valence-corrected chi connectivity index (χ4v) is 3.95. The minimum absolute atomic E-state index is 0.0949. The molecule has 2 aliphatic heterocycles. The van der Waals surface area contributed by atoms with Gasteiger partial charge in [0.25, 0.3) is 0 Å². The first-order valence-electron chi connectivity index (χ1n) is 8.25. The molecule has 0 amide bonds. The number of para-hydroxylation sites is 1. The standard InChI is InChI=1S/C18H18N4O4/c19-12-3-1-4-13(7-12)20-8-18(9-20)10-21(11-18)15-6-2-5-14(17(23)24)16(15)22(25)26/h1-7H,8-11,19H2,(H,23,24). The number of nitrogen functional groups attached to an aromatic ring is 1. The van der Waals surface area contributed by atoms with E-state index in [-0.39, 0.29) is 16.7 Å². The Labute approximate surface area is 149 Å².